The highest BCUT2D eigenvalue weighted by Gasteiger charge is 2.30. The lowest BCUT2D eigenvalue weighted by Crippen LogP contribution is -2.47. The Bertz CT molecular complexity index is 1030. The van der Waals surface area contributed by atoms with Crippen LogP contribution in [0.5, 0.6) is 0 Å². The van der Waals surface area contributed by atoms with Gasteiger partial charge in [-0.2, -0.15) is 0 Å². The molecule has 0 N–H and O–H groups in total. The van der Waals surface area contributed by atoms with E-state index in [9.17, 15) is 4.39 Å². The van der Waals surface area contributed by atoms with Crippen molar-refractivity contribution in [1.29, 1.82) is 0 Å². The van der Waals surface area contributed by atoms with E-state index in [2.05, 4.69) is 46.2 Å². The van der Waals surface area contributed by atoms with E-state index >= 15 is 0 Å². The van der Waals surface area contributed by atoms with Crippen molar-refractivity contribution >= 4 is 23.4 Å². The van der Waals surface area contributed by atoms with Gasteiger partial charge in [0.1, 0.15) is 5.82 Å². The summed E-state index contributed by atoms with van der Waals surface area (Å²) in [7, 11) is 0. The Morgan fingerprint density at radius 2 is 1.67 bits per heavy atom. The number of hydrogen-bond acceptors (Lipinski definition) is 3. The predicted molar refractivity (Wildman–Crippen MR) is 122 cm³/mol. The molecule has 30 heavy (non-hydrogen) atoms. The molecule has 1 atom stereocenters. The molecule has 154 valence electrons. The van der Waals surface area contributed by atoms with Gasteiger partial charge in [-0.05, 0) is 59.5 Å². The molecule has 0 radical (unpaired) electrons. The fraction of sp³-hybridized carbons (Fsp3) is 0.280. The van der Waals surface area contributed by atoms with Gasteiger partial charge < -0.3 is 0 Å². The number of fused-ring (bicyclic) bond motifs is 2. The van der Waals surface area contributed by atoms with Crippen molar-refractivity contribution in [3.63, 3.8) is 0 Å². The van der Waals surface area contributed by atoms with Crippen molar-refractivity contribution in [2.75, 3.05) is 26.2 Å². The molecule has 2 aliphatic heterocycles. The quantitative estimate of drug-likeness (QED) is 0.491. The third kappa shape index (κ3) is 4.28. The molecule has 0 spiro atoms. The summed E-state index contributed by atoms with van der Waals surface area (Å²) in [6.45, 7) is 4.94. The van der Waals surface area contributed by atoms with Crippen molar-refractivity contribution < 1.29 is 4.39 Å². The average molecular weight is 439 g/mol. The van der Waals surface area contributed by atoms with Crippen LogP contribution in [0.25, 0.3) is 0 Å². The van der Waals surface area contributed by atoms with Gasteiger partial charge in [0.05, 0.1) is 0 Å². The van der Waals surface area contributed by atoms with Crippen molar-refractivity contribution in [3.05, 3.63) is 94.3 Å². The highest BCUT2D eigenvalue weighted by atomic mass is 35.5. The fourth-order valence-corrected chi connectivity index (χ4v) is 5.78. The second-order valence-corrected chi connectivity index (χ2v) is 9.57. The van der Waals surface area contributed by atoms with Crippen LogP contribution >= 0.6 is 23.4 Å². The molecule has 0 aromatic heterocycles. The van der Waals surface area contributed by atoms with Crippen molar-refractivity contribution in [1.82, 2.24) is 9.80 Å². The van der Waals surface area contributed by atoms with Gasteiger partial charge in [0.15, 0.2) is 0 Å². The first kappa shape index (κ1) is 20.1. The van der Waals surface area contributed by atoms with Crippen LogP contribution in [0.4, 0.5) is 4.39 Å². The number of hydrogen-bond donors (Lipinski definition) is 0. The molecule has 3 aromatic rings. The standard InChI is InChI=1S/C25H24ClFN2S/c26-20-7-10-25-22(16-20)23(15-19-3-1-2-4-24(19)30-25)29-13-11-28(12-14-29)17-18-5-8-21(27)9-6-18/h1-10,16,23H,11-15,17H2. The lowest BCUT2D eigenvalue weighted by atomic mass is 9.96. The SMILES string of the molecule is Fc1ccc(CN2CCN(C3Cc4ccccc4Sc4ccc(Cl)cc43)CC2)cc1. The molecule has 5 heteroatoms. The molecule has 0 bridgehead atoms. The third-order valence-electron chi connectivity index (χ3n) is 6.10. The minimum Gasteiger partial charge on any atom is -0.297 e. The Morgan fingerprint density at radius 1 is 0.900 bits per heavy atom. The topological polar surface area (TPSA) is 6.48 Å². The van der Waals surface area contributed by atoms with E-state index < -0.39 is 0 Å². The number of halogens is 2. The van der Waals surface area contributed by atoms with Crippen LogP contribution in [-0.2, 0) is 13.0 Å². The van der Waals surface area contributed by atoms with Crippen LogP contribution in [0.15, 0.2) is 76.5 Å². The highest BCUT2D eigenvalue weighted by Crippen LogP contribution is 2.43. The summed E-state index contributed by atoms with van der Waals surface area (Å²) in [5.74, 6) is -0.174. The van der Waals surface area contributed by atoms with Gasteiger partial charge in [0.2, 0.25) is 0 Å². The Balaban J connectivity index is 1.35. The Hall–Kier alpha value is -1.85. The van der Waals surface area contributed by atoms with E-state index in [4.69, 9.17) is 11.6 Å². The Morgan fingerprint density at radius 3 is 2.47 bits per heavy atom. The lowest BCUT2D eigenvalue weighted by molar-refractivity contribution is 0.0902. The van der Waals surface area contributed by atoms with Crippen LogP contribution in [0.3, 0.4) is 0 Å². The van der Waals surface area contributed by atoms with Crippen LogP contribution in [0, 0.1) is 5.82 Å². The molecule has 2 nitrogen and oxygen atoms in total. The van der Waals surface area contributed by atoms with E-state index in [0.29, 0.717) is 6.04 Å². The van der Waals surface area contributed by atoms with Gasteiger partial charge in [-0.15, -0.1) is 0 Å². The molecular formula is C25H24ClFN2S. The maximum Gasteiger partial charge on any atom is 0.123 e. The molecule has 0 amide bonds. The minimum atomic E-state index is -0.174. The molecule has 0 aliphatic carbocycles. The van der Waals surface area contributed by atoms with Gasteiger partial charge in [-0.3, -0.25) is 9.80 Å². The fourth-order valence-electron chi connectivity index (χ4n) is 4.49. The van der Waals surface area contributed by atoms with Crippen LogP contribution in [0.2, 0.25) is 5.02 Å². The highest BCUT2D eigenvalue weighted by molar-refractivity contribution is 7.99. The zero-order valence-electron chi connectivity index (χ0n) is 16.7. The number of piperazine rings is 1. The van der Waals surface area contributed by atoms with Gasteiger partial charge >= 0.3 is 0 Å². The maximum absolute atomic E-state index is 13.2. The van der Waals surface area contributed by atoms with E-state index in [1.54, 1.807) is 12.1 Å². The predicted octanol–water partition coefficient (Wildman–Crippen LogP) is 6.05. The second kappa shape index (κ2) is 8.72. The molecule has 2 aliphatic rings. The van der Waals surface area contributed by atoms with Gasteiger partial charge in [-0.1, -0.05) is 53.7 Å². The molecular weight excluding hydrogens is 415 g/mol. The molecule has 2 heterocycles. The molecule has 1 fully saturated rings. The largest absolute Gasteiger partial charge is 0.297 e. The molecule has 0 saturated carbocycles. The monoisotopic (exact) mass is 438 g/mol. The maximum atomic E-state index is 13.2. The summed E-state index contributed by atoms with van der Waals surface area (Å²) in [6.07, 6.45) is 1.01. The first-order chi connectivity index (χ1) is 14.7. The normalized spacial score (nSPS) is 19.7. The van der Waals surface area contributed by atoms with E-state index in [0.717, 1.165) is 44.2 Å². The van der Waals surface area contributed by atoms with Crippen LogP contribution in [-0.4, -0.2) is 36.0 Å². The second-order valence-electron chi connectivity index (χ2n) is 8.05. The zero-order valence-corrected chi connectivity index (χ0v) is 18.3. The number of nitrogens with zero attached hydrogens (tertiary/aromatic N) is 2. The number of rotatable bonds is 3. The molecule has 1 unspecified atom stereocenters. The molecule has 3 aromatic carbocycles. The van der Waals surface area contributed by atoms with E-state index in [-0.39, 0.29) is 5.82 Å². The summed E-state index contributed by atoms with van der Waals surface area (Å²) in [6, 6.07) is 22.3. The van der Waals surface area contributed by atoms with Crippen molar-refractivity contribution in [3.8, 4) is 0 Å². The smallest absolute Gasteiger partial charge is 0.123 e. The first-order valence-corrected chi connectivity index (χ1v) is 11.6. The molecule has 5 rings (SSSR count). The minimum absolute atomic E-state index is 0.174. The van der Waals surface area contributed by atoms with Gasteiger partial charge in [0, 0.05) is 53.6 Å². The summed E-state index contributed by atoms with van der Waals surface area (Å²) < 4.78 is 13.2. The van der Waals surface area contributed by atoms with Crippen molar-refractivity contribution in [2.45, 2.75) is 28.8 Å². The van der Waals surface area contributed by atoms with Crippen molar-refractivity contribution in [2.24, 2.45) is 0 Å². The third-order valence-corrected chi connectivity index (χ3v) is 7.55. The summed E-state index contributed by atoms with van der Waals surface area (Å²) in [4.78, 5) is 7.72. The molecule has 1 saturated heterocycles. The first-order valence-electron chi connectivity index (χ1n) is 10.4. The van der Waals surface area contributed by atoms with Gasteiger partial charge in [-0.25, -0.2) is 4.39 Å². The Labute approximate surface area is 186 Å². The van der Waals surface area contributed by atoms with E-state index in [1.807, 2.05) is 30.0 Å². The summed E-state index contributed by atoms with van der Waals surface area (Å²) in [5.41, 5.74) is 3.92. The lowest BCUT2D eigenvalue weighted by Gasteiger charge is -2.39. The zero-order chi connectivity index (χ0) is 20.5. The van der Waals surface area contributed by atoms with Crippen LogP contribution < -0.4 is 0 Å². The number of benzene rings is 3. The summed E-state index contributed by atoms with van der Waals surface area (Å²) in [5, 5.41) is 0.806. The summed E-state index contributed by atoms with van der Waals surface area (Å²) >= 11 is 8.26. The average Bonchev–Trinajstić information content (AvgIpc) is 2.92. The Kier molecular flexibility index (Phi) is 5.83. The van der Waals surface area contributed by atoms with E-state index in [1.165, 1.54) is 26.5 Å². The van der Waals surface area contributed by atoms with Gasteiger partial charge in [0.25, 0.3) is 0 Å². The van der Waals surface area contributed by atoms with Crippen LogP contribution in [0.1, 0.15) is 22.7 Å².